The highest BCUT2D eigenvalue weighted by atomic mass is 15.5. The van der Waals surface area contributed by atoms with Crippen LogP contribution in [-0.4, -0.2) is 35.6 Å². The molecule has 3 aromatic rings. The number of nitrogens with one attached hydrogen (secondary N) is 1. The minimum absolute atomic E-state index is 0.726. The lowest BCUT2D eigenvalue weighted by Crippen LogP contribution is -1.94. The van der Waals surface area contributed by atoms with Crippen LogP contribution < -0.4 is 0 Å². The summed E-state index contributed by atoms with van der Waals surface area (Å²) in [4.78, 5) is 0. The number of aromatic nitrogens is 7. The van der Waals surface area contributed by atoms with Crippen LogP contribution in [0.3, 0.4) is 0 Å². The molecule has 7 heteroatoms. The zero-order valence-electron chi connectivity index (χ0n) is 9.33. The Balaban J connectivity index is 1.81. The summed E-state index contributed by atoms with van der Waals surface area (Å²) in [7, 11) is 1.88. The van der Waals surface area contributed by atoms with Gasteiger partial charge in [-0.15, -0.1) is 15.3 Å². The Morgan fingerprint density at radius 2 is 2.18 bits per heavy atom. The largest absolute Gasteiger partial charge is 0.248 e. The van der Waals surface area contributed by atoms with Crippen LogP contribution in [0.4, 0.5) is 0 Å². The van der Waals surface area contributed by atoms with Crippen LogP contribution in [0.25, 0.3) is 11.0 Å². The zero-order chi connectivity index (χ0) is 11.7. The molecule has 0 aliphatic rings. The van der Waals surface area contributed by atoms with Gasteiger partial charge < -0.3 is 0 Å². The first-order valence-electron chi connectivity index (χ1n) is 5.33. The third-order valence-electron chi connectivity index (χ3n) is 2.70. The normalized spacial score (nSPS) is 11.1. The fourth-order valence-corrected chi connectivity index (χ4v) is 1.79. The molecule has 3 rings (SSSR count). The van der Waals surface area contributed by atoms with E-state index in [0.29, 0.717) is 0 Å². The summed E-state index contributed by atoms with van der Waals surface area (Å²) < 4.78 is 1.76. The maximum atomic E-state index is 4.09. The van der Waals surface area contributed by atoms with Crippen molar-refractivity contribution >= 4 is 11.0 Å². The second-order valence-electron chi connectivity index (χ2n) is 3.86. The predicted molar refractivity (Wildman–Crippen MR) is 60.1 cm³/mol. The first-order chi connectivity index (χ1) is 8.33. The van der Waals surface area contributed by atoms with Crippen molar-refractivity contribution in [1.29, 1.82) is 0 Å². The van der Waals surface area contributed by atoms with Gasteiger partial charge >= 0.3 is 0 Å². The molecule has 2 aromatic heterocycles. The number of rotatable bonds is 3. The average Bonchev–Trinajstić information content (AvgIpc) is 2.97. The maximum absolute atomic E-state index is 4.09. The molecular formula is C10H11N7. The summed E-state index contributed by atoms with van der Waals surface area (Å²) in [5.41, 5.74) is 3.15. The van der Waals surface area contributed by atoms with E-state index in [2.05, 4.69) is 37.0 Å². The monoisotopic (exact) mass is 229 g/mol. The molecule has 86 valence electrons. The van der Waals surface area contributed by atoms with Gasteiger partial charge in [0, 0.05) is 13.5 Å². The summed E-state index contributed by atoms with van der Waals surface area (Å²) in [5.74, 6) is 0.726. The second-order valence-corrected chi connectivity index (χ2v) is 3.86. The van der Waals surface area contributed by atoms with E-state index in [-0.39, 0.29) is 0 Å². The number of benzene rings is 1. The van der Waals surface area contributed by atoms with Crippen LogP contribution in [0, 0.1) is 0 Å². The molecule has 1 N–H and O–H groups in total. The summed E-state index contributed by atoms with van der Waals surface area (Å²) >= 11 is 0. The molecule has 0 saturated heterocycles. The van der Waals surface area contributed by atoms with Gasteiger partial charge in [0.15, 0.2) is 5.82 Å². The van der Waals surface area contributed by atoms with Crippen LogP contribution in [0.15, 0.2) is 18.2 Å². The number of fused-ring (bicyclic) bond motifs is 1. The maximum Gasteiger partial charge on any atom is 0.174 e. The Hall–Kier alpha value is -2.31. The lowest BCUT2D eigenvalue weighted by atomic mass is 10.1. The van der Waals surface area contributed by atoms with Crippen LogP contribution in [0.5, 0.6) is 0 Å². The molecule has 7 nitrogen and oxygen atoms in total. The highest BCUT2D eigenvalue weighted by molar-refractivity contribution is 5.74. The minimum Gasteiger partial charge on any atom is -0.248 e. The molecule has 0 saturated carbocycles. The zero-order valence-corrected chi connectivity index (χ0v) is 9.33. The van der Waals surface area contributed by atoms with Gasteiger partial charge in [0.1, 0.15) is 5.52 Å². The molecule has 1 aromatic carbocycles. The molecule has 0 spiro atoms. The summed E-state index contributed by atoms with van der Waals surface area (Å²) in [6.45, 7) is 0. The number of hydrogen-bond acceptors (Lipinski definition) is 5. The van der Waals surface area contributed by atoms with Gasteiger partial charge in [-0.05, 0) is 24.1 Å². The van der Waals surface area contributed by atoms with E-state index in [1.807, 2.05) is 19.2 Å². The molecule has 0 unspecified atom stereocenters. The SMILES string of the molecule is Cn1nnc2cc(CCc3nn[nH]n3)ccc21. The molecule has 0 aliphatic heterocycles. The first-order valence-corrected chi connectivity index (χ1v) is 5.33. The first kappa shape index (κ1) is 9.88. The lowest BCUT2D eigenvalue weighted by molar-refractivity contribution is 0.736. The fourth-order valence-electron chi connectivity index (χ4n) is 1.79. The number of aryl methyl sites for hydroxylation is 3. The third-order valence-corrected chi connectivity index (χ3v) is 2.70. The van der Waals surface area contributed by atoms with E-state index >= 15 is 0 Å². The van der Waals surface area contributed by atoms with Crippen LogP contribution >= 0.6 is 0 Å². The van der Waals surface area contributed by atoms with Crippen molar-refractivity contribution in [3.63, 3.8) is 0 Å². The van der Waals surface area contributed by atoms with Crippen molar-refractivity contribution in [3.05, 3.63) is 29.6 Å². The topological polar surface area (TPSA) is 85.2 Å². The van der Waals surface area contributed by atoms with Crippen LogP contribution in [-0.2, 0) is 19.9 Å². The van der Waals surface area contributed by atoms with Crippen molar-refractivity contribution in [3.8, 4) is 0 Å². The van der Waals surface area contributed by atoms with Crippen molar-refractivity contribution in [2.75, 3.05) is 0 Å². The Kier molecular flexibility index (Phi) is 2.28. The number of hydrogen-bond donors (Lipinski definition) is 1. The third kappa shape index (κ3) is 1.86. The molecule has 0 atom stereocenters. The Morgan fingerprint density at radius 3 is 3.00 bits per heavy atom. The molecular weight excluding hydrogens is 218 g/mol. The van der Waals surface area contributed by atoms with Gasteiger partial charge in [-0.25, -0.2) is 4.68 Å². The smallest absolute Gasteiger partial charge is 0.174 e. The predicted octanol–water partition coefficient (Wildman–Crippen LogP) is 0.267. The van der Waals surface area contributed by atoms with Crippen molar-refractivity contribution in [2.45, 2.75) is 12.8 Å². The van der Waals surface area contributed by atoms with Gasteiger partial charge in [0.05, 0.1) is 5.52 Å². The minimum atomic E-state index is 0.726. The number of H-pyrrole nitrogens is 1. The fraction of sp³-hybridized carbons (Fsp3) is 0.300. The van der Waals surface area contributed by atoms with E-state index in [1.54, 1.807) is 4.68 Å². The molecule has 0 fully saturated rings. The van der Waals surface area contributed by atoms with E-state index in [4.69, 9.17) is 0 Å². The van der Waals surface area contributed by atoms with Gasteiger partial charge in [-0.1, -0.05) is 16.5 Å². The Labute approximate surface area is 96.8 Å². The van der Waals surface area contributed by atoms with Gasteiger partial charge in [-0.2, -0.15) is 5.21 Å². The number of aromatic amines is 1. The highest BCUT2D eigenvalue weighted by Gasteiger charge is 2.04. The highest BCUT2D eigenvalue weighted by Crippen LogP contribution is 2.13. The van der Waals surface area contributed by atoms with Gasteiger partial charge in [0.25, 0.3) is 0 Å². The van der Waals surface area contributed by atoms with E-state index < -0.39 is 0 Å². The Morgan fingerprint density at radius 1 is 1.24 bits per heavy atom. The van der Waals surface area contributed by atoms with Gasteiger partial charge in [-0.3, -0.25) is 0 Å². The molecule has 0 radical (unpaired) electrons. The summed E-state index contributed by atoms with van der Waals surface area (Å²) in [6.07, 6.45) is 1.63. The molecule has 0 bridgehead atoms. The molecule has 2 heterocycles. The van der Waals surface area contributed by atoms with Crippen molar-refractivity contribution in [2.24, 2.45) is 7.05 Å². The second kappa shape index (κ2) is 3.93. The van der Waals surface area contributed by atoms with Crippen molar-refractivity contribution in [1.82, 2.24) is 35.6 Å². The number of nitrogens with zero attached hydrogens (tertiary/aromatic N) is 6. The number of tetrazole rings is 1. The average molecular weight is 229 g/mol. The lowest BCUT2D eigenvalue weighted by Gasteiger charge is -1.98. The molecule has 0 amide bonds. The summed E-state index contributed by atoms with van der Waals surface area (Å²) in [5, 5.41) is 21.9. The van der Waals surface area contributed by atoms with E-state index in [1.165, 1.54) is 5.56 Å². The molecule has 17 heavy (non-hydrogen) atoms. The standard InChI is InChI=1S/C10H11N7/c1-17-9-4-2-7(6-8(9)11-16-17)3-5-10-12-14-15-13-10/h2,4,6H,3,5H2,1H3,(H,12,13,14,15). The van der Waals surface area contributed by atoms with Crippen LogP contribution in [0.1, 0.15) is 11.4 Å². The van der Waals surface area contributed by atoms with E-state index in [0.717, 1.165) is 29.7 Å². The molecule has 0 aliphatic carbocycles. The van der Waals surface area contributed by atoms with Crippen molar-refractivity contribution < 1.29 is 0 Å². The quantitative estimate of drug-likeness (QED) is 0.696. The van der Waals surface area contributed by atoms with Gasteiger partial charge in [0.2, 0.25) is 0 Å². The summed E-state index contributed by atoms with van der Waals surface area (Å²) in [6, 6.07) is 6.15. The van der Waals surface area contributed by atoms with E-state index in [9.17, 15) is 0 Å². The van der Waals surface area contributed by atoms with Crippen LogP contribution in [0.2, 0.25) is 0 Å². The Bertz CT molecular complexity index is 625.